The minimum absolute atomic E-state index is 0.138. The molecule has 8 nitrogen and oxygen atoms in total. The van der Waals surface area contributed by atoms with E-state index in [0.717, 1.165) is 0 Å². The summed E-state index contributed by atoms with van der Waals surface area (Å²) in [5, 5.41) is 19.1. The standard InChI is InChI=1S/C22H25N3O5/c1-3-29-19-7-5-4-6-18(19)22(27)25-13-17(9-8-16(25)14-26)30-21-20(28-2)15(12-23)10-11-24-21/h4-7,10-11,16-17,26H,3,8-9,13-14H2,1-2H3/t16-,17+/m0/s1. The van der Waals surface area contributed by atoms with Crippen LogP contribution in [-0.2, 0) is 0 Å². The quantitative estimate of drug-likeness (QED) is 0.746. The molecule has 158 valence electrons. The molecule has 2 heterocycles. The number of hydrogen-bond donors (Lipinski definition) is 1. The summed E-state index contributed by atoms with van der Waals surface area (Å²) in [5.74, 6) is 0.766. The van der Waals surface area contributed by atoms with Gasteiger partial charge >= 0.3 is 0 Å². The molecule has 1 aliphatic rings. The molecular weight excluding hydrogens is 386 g/mol. The number of hydrogen-bond acceptors (Lipinski definition) is 7. The van der Waals surface area contributed by atoms with E-state index in [4.69, 9.17) is 14.2 Å². The van der Waals surface area contributed by atoms with Crippen LogP contribution in [0.2, 0.25) is 0 Å². The number of amides is 1. The summed E-state index contributed by atoms with van der Waals surface area (Å²) in [6.07, 6.45) is 2.33. The van der Waals surface area contributed by atoms with Gasteiger partial charge in [0.25, 0.3) is 11.8 Å². The van der Waals surface area contributed by atoms with E-state index in [1.54, 1.807) is 29.2 Å². The molecule has 0 saturated carbocycles. The molecule has 1 saturated heterocycles. The maximum absolute atomic E-state index is 13.3. The zero-order valence-corrected chi connectivity index (χ0v) is 17.1. The van der Waals surface area contributed by atoms with Crippen LogP contribution in [-0.4, -0.2) is 59.9 Å². The molecule has 0 bridgehead atoms. The molecular formula is C22H25N3O5. The molecule has 1 N–H and O–H groups in total. The molecule has 1 aliphatic heterocycles. The van der Waals surface area contributed by atoms with E-state index < -0.39 is 0 Å². The fraction of sp³-hybridized carbons (Fsp3) is 0.409. The number of carbonyl (C=O) groups excluding carboxylic acids is 1. The van der Waals surface area contributed by atoms with E-state index in [9.17, 15) is 15.2 Å². The Kier molecular flexibility index (Phi) is 7.09. The van der Waals surface area contributed by atoms with Crippen LogP contribution in [0.1, 0.15) is 35.7 Å². The number of nitrogens with zero attached hydrogens (tertiary/aromatic N) is 3. The van der Waals surface area contributed by atoms with Crippen molar-refractivity contribution in [3.05, 3.63) is 47.7 Å². The molecule has 2 atom stereocenters. The van der Waals surface area contributed by atoms with Crippen LogP contribution in [0.4, 0.5) is 0 Å². The predicted molar refractivity (Wildman–Crippen MR) is 109 cm³/mol. The average molecular weight is 411 g/mol. The number of aromatic nitrogens is 1. The minimum atomic E-state index is -0.355. The number of piperidine rings is 1. The zero-order valence-electron chi connectivity index (χ0n) is 17.1. The fourth-order valence-corrected chi connectivity index (χ4v) is 3.56. The molecule has 30 heavy (non-hydrogen) atoms. The first kappa shape index (κ1) is 21.4. The second-order valence-corrected chi connectivity index (χ2v) is 6.85. The molecule has 1 aromatic carbocycles. The Balaban J connectivity index is 1.83. The highest BCUT2D eigenvalue weighted by Crippen LogP contribution is 2.31. The molecule has 0 radical (unpaired) electrons. The van der Waals surface area contributed by atoms with Gasteiger partial charge in [-0.1, -0.05) is 12.1 Å². The van der Waals surface area contributed by atoms with Crippen molar-refractivity contribution in [2.45, 2.75) is 31.9 Å². The number of likely N-dealkylation sites (tertiary alicyclic amines) is 1. The second kappa shape index (κ2) is 9.94. The Labute approximate surface area is 175 Å². The van der Waals surface area contributed by atoms with Gasteiger partial charge < -0.3 is 24.2 Å². The molecule has 1 amide bonds. The van der Waals surface area contributed by atoms with Crippen LogP contribution in [0.3, 0.4) is 0 Å². The lowest BCUT2D eigenvalue weighted by Crippen LogP contribution is -2.51. The first-order chi connectivity index (χ1) is 14.6. The van der Waals surface area contributed by atoms with Gasteiger partial charge in [0.15, 0.2) is 5.75 Å². The lowest BCUT2D eigenvalue weighted by Gasteiger charge is -2.39. The molecule has 0 spiro atoms. The van der Waals surface area contributed by atoms with Gasteiger partial charge in [0.2, 0.25) is 0 Å². The topological polar surface area (TPSA) is 105 Å². The second-order valence-electron chi connectivity index (χ2n) is 6.85. The van der Waals surface area contributed by atoms with Gasteiger partial charge in [-0.2, -0.15) is 5.26 Å². The maximum atomic E-state index is 13.3. The Morgan fingerprint density at radius 2 is 2.13 bits per heavy atom. The lowest BCUT2D eigenvalue weighted by molar-refractivity contribution is 0.0191. The van der Waals surface area contributed by atoms with Crippen molar-refractivity contribution in [3.8, 4) is 23.4 Å². The molecule has 0 unspecified atom stereocenters. The van der Waals surface area contributed by atoms with Crippen molar-refractivity contribution in [1.29, 1.82) is 5.26 Å². The largest absolute Gasteiger partial charge is 0.493 e. The maximum Gasteiger partial charge on any atom is 0.258 e. The number of pyridine rings is 1. The number of nitriles is 1. The number of methoxy groups -OCH3 is 1. The first-order valence-corrected chi connectivity index (χ1v) is 9.86. The Morgan fingerprint density at radius 3 is 2.83 bits per heavy atom. The van der Waals surface area contributed by atoms with Gasteiger partial charge in [-0.25, -0.2) is 4.98 Å². The molecule has 8 heteroatoms. The van der Waals surface area contributed by atoms with Crippen molar-refractivity contribution in [1.82, 2.24) is 9.88 Å². The Morgan fingerprint density at radius 1 is 1.33 bits per heavy atom. The Hall–Kier alpha value is -3.31. The highest BCUT2D eigenvalue weighted by atomic mass is 16.5. The smallest absolute Gasteiger partial charge is 0.258 e. The van der Waals surface area contributed by atoms with Crippen LogP contribution >= 0.6 is 0 Å². The number of para-hydroxylation sites is 1. The van der Waals surface area contributed by atoms with Crippen molar-refractivity contribution in [3.63, 3.8) is 0 Å². The van der Waals surface area contributed by atoms with Gasteiger partial charge in [-0.05, 0) is 38.0 Å². The lowest BCUT2D eigenvalue weighted by atomic mass is 9.99. The summed E-state index contributed by atoms with van der Waals surface area (Å²) in [6.45, 7) is 2.44. The van der Waals surface area contributed by atoms with Gasteiger partial charge in [0, 0.05) is 6.20 Å². The van der Waals surface area contributed by atoms with Crippen molar-refractivity contribution < 1.29 is 24.1 Å². The fourth-order valence-electron chi connectivity index (χ4n) is 3.56. The van der Waals surface area contributed by atoms with Crippen molar-refractivity contribution in [2.75, 3.05) is 26.9 Å². The Bertz CT molecular complexity index is 927. The molecule has 3 rings (SSSR count). The van der Waals surface area contributed by atoms with E-state index in [1.807, 2.05) is 13.0 Å². The van der Waals surface area contributed by atoms with Crippen LogP contribution in [0.15, 0.2) is 36.5 Å². The third-order valence-electron chi connectivity index (χ3n) is 5.03. The van der Waals surface area contributed by atoms with Crippen molar-refractivity contribution >= 4 is 5.91 Å². The number of ether oxygens (including phenoxy) is 3. The summed E-state index contributed by atoms with van der Waals surface area (Å²) >= 11 is 0. The van der Waals surface area contributed by atoms with E-state index in [2.05, 4.69) is 11.1 Å². The summed E-state index contributed by atoms with van der Waals surface area (Å²) in [5.41, 5.74) is 0.769. The number of carbonyl (C=O) groups is 1. The molecule has 1 aromatic heterocycles. The number of aliphatic hydroxyl groups is 1. The van der Waals surface area contributed by atoms with Gasteiger partial charge in [0.05, 0.1) is 38.5 Å². The third-order valence-corrected chi connectivity index (χ3v) is 5.03. The highest BCUT2D eigenvalue weighted by Gasteiger charge is 2.34. The molecule has 1 fully saturated rings. The first-order valence-electron chi connectivity index (χ1n) is 9.86. The van der Waals surface area contributed by atoms with Crippen LogP contribution in [0.5, 0.6) is 17.4 Å². The number of rotatable bonds is 7. The molecule has 2 aromatic rings. The van der Waals surface area contributed by atoms with Gasteiger partial charge in [-0.3, -0.25) is 4.79 Å². The summed E-state index contributed by atoms with van der Waals surface area (Å²) in [7, 11) is 1.45. The van der Waals surface area contributed by atoms with E-state index in [1.165, 1.54) is 13.3 Å². The average Bonchev–Trinajstić information content (AvgIpc) is 2.79. The summed E-state index contributed by atoms with van der Waals surface area (Å²) < 4.78 is 16.9. The summed E-state index contributed by atoms with van der Waals surface area (Å²) in [4.78, 5) is 19.1. The zero-order chi connectivity index (χ0) is 21.5. The van der Waals surface area contributed by atoms with E-state index in [0.29, 0.717) is 36.3 Å². The third kappa shape index (κ3) is 4.47. The minimum Gasteiger partial charge on any atom is -0.493 e. The van der Waals surface area contributed by atoms with E-state index in [-0.39, 0.29) is 42.8 Å². The van der Waals surface area contributed by atoms with Crippen LogP contribution in [0, 0.1) is 11.3 Å². The normalized spacial score (nSPS) is 18.4. The number of benzene rings is 1. The van der Waals surface area contributed by atoms with E-state index >= 15 is 0 Å². The monoisotopic (exact) mass is 411 g/mol. The van der Waals surface area contributed by atoms with Crippen LogP contribution < -0.4 is 14.2 Å². The number of aliphatic hydroxyl groups excluding tert-OH is 1. The SMILES string of the molecule is CCOc1ccccc1C(=O)N1C[C@H](Oc2nccc(C#N)c2OC)CC[C@H]1CO. The molecule has 0 aliphatic carbocycles. The highest BCUT2D eigenvalue weighted by molar-refractivity contribution is 5.97. The summed E-state index contributed by atoms with van der Waals surface area (Å²) in [6, 6.07) is 10.4. The van der Waals surface area contributed by atoms with Gasteiger partial charge in [-0.15, -0.1) is 0 Å². The predicted octanol–water partition coefficient (Wildman–Crippen LogP) is 2.41. The van der Waals surface area contributed by atoms with Crippen LogP contribution in [0.25, 0.3) is 0 Å². The van der Waals surface area contributed by atoms with Gasteiger partial charge in [0.1, 0.15) is 23.5 Å². The van der Waals surface area contributed by atoms with Crippen molar-refractivity contribution in [2.24, 2.45) is 0 Å².